The van der Waals surface area contributed by atoms with E-state index < -0.39 is 0 Å². The van der Waals surface area contributed by atoms with Gasteiger partial charge < -0.3 is 15.3 Å². The first-order valence-electron chi connectivity index (χ1n) is 8.38. The second-order valence-corrected chi connectivity index (χ2v) is 6.52. The maximum atomic E-state index is 12.5. The standard InChI is InChI=1S/C19H20ClN3O3/c20-15-6-2-3-7-16(15)21-18(25)13-22-9-11-23(12-10-22)19(26)14-5-1-4-8-17(14)24/h1-8,24H,9-13H2,(H,21,25). The molecule has 0 bridgehead atoms. The Bertz CT molecular complexity index is 804. The van der Waals surface area contributed by atoms with Crippen molar-refractivity contribution in [3.05, 3.63) is 59.1 Å². The largest absolute Gasteiger partial charge is 0.507 e. The number of halogens is 1. The molecule has 6 nitrogen and oxygen atoms in total. The zero-order chi connectivity index (χ0) is 18.5. The van der Waals surface area contributed by atoms with Gasteiger partial charge in [0.15, 0.2) is 0 Å². The zero-order valence-electron chi connectivity index (χ0n) is 14.2. The van der Waals surface area contributed by atoms with Crippen molar-refractivity contribution in [3.63, 3.8) is 0 Å². The lowest BCUT2D eigenvalue weighted by atomic mass is 10.1. The van der Waals surface area contributed by atoms with Crippen molar-refractivity contribution in [2.45, 2.75) is 0 Å². The van der Waals surface area contributed by atoms with Gasteiger partial charge in [-0.05, 0) is 24.3 Å². The van der Waals surface area contributed by atoms with Gasteiger partial charge in [-0.2, -0.15) is 0 Å². The van der Waals surface area contributed by atoms with Crippen LogP contribution in [0, 0.1) is 0 Å². The van der Waals surface area contributed by atoms with E-state index in [1.165, 1.54) is 6.07 Å². The molecular weight excluding hydrogens is 354 g/mol. The third-order valence-electron chi connectivity index (χ3n) is 4.31. The number of nitrogens with one attached hydrogen (secondary N) is 1. The van der Waals surface area contributed by atoms with E-state index in [1.54, 1.807) is 41.3 Å². The zero-order valence-corrected chi connectivity index (χ0v) is 14.9. The number of amides is 2. The molecule has 0 aliphatic carbocycles. The third kappa shape index (κ3) is 4.33. The molecule has 3 rings (SSSR count). The topological polar surface area (TPSA) is 72.9 Å². The van der Waals surface area contributed by atoms with Crippen LogP contribution in [0.5, 0.6) is 5.75 Å². The van der Waals surface area contributed by atoms with Gasteiger partial charge in [0.2, 0.25) is 5.91 Å². The highest BCUT2D eigenvalue weighted by atomic mass is 35.5. The molecule has 2 aromatic rings. The molecule has 2 amide bonds. The second kappa shape index (κ2) is 8.21. The van der Waals surface area contributed by atoms with Crippen LogP contribution < -0.4 is 5.32 Å². The Morgan fingerprint density at radius 1 is 1.00 bits per heavy atom. The lowest BCUT2D eigenvalue weighted by molar-refractivity contribution is -0.117. The summed E-state index contributed by atoms with van der Waals surface area (Å²) >= 11 is 6.04. The molecule has 1 heterocycles. The van der Waals surface area contributed by atoms with Crippen LogP contribution in [0.2, 0.25) is 5.02 Å². The fourth-order valence-corrected chi connectivity index (χ4v) is 3.07. The molecule has 1 aliphatic heterocycles. The molecule has 136 valence electrons. The Kier molecular flexibility index (Phi) is 5.75. The van der Waals surface area contributed by atoms with Crippen LogP contribution >= 0.6 is 11.6 Å². The summed E-state index contributed by atoms with van der Waals surface area (Å²) < 4.78 is 0. The van der Waals surface area contributed by atoms with Crippen LogP contribution in [0.3, 0.4) is 0 Å². The van der Waals surface area contributed by atoms with Crippen molar-refractivity contribution in [3.8, 4) is 5.75 Å². The van der Waals surface area contributed by atoms with E-state index in [2.05, 4.69) is 5.32 Å². The Balaban J connectivity index is 1.51. The number of para-hydroxylation sites is 2. The minimum absolute atomic E-state index is 0.0148. The van der Waals surface area contributed by atoms with Crippen molar-refractivity contribution < 1.29 is 14.7 Å². The molecule has 0 unspecified atom stereocenters. The van der Waals surface area contributed by atoms with Gasteiger partial charge in [0.1, 0.15) is 5.75 Å². The molecule has 0 spiro atoms. The highest BCUT2D eigenvalue weighted by Crippen LogP contribution is 2.21. The summed E-state index contributed by atoms with van der Waals surface area (Å²) in [6.45, 7) is 2.44. The third-order valence-corrected chi connectivity index (χ3v) is 4.64. The first kappa shape index (κ1) is 18.2. The quantitative estimate of drug-likeness (QED) is 0.863. The number of carbonyl (C=O) groups is 2. The maximum absolute atomic E-state index is 12.5. The van der Waals surface area contributed by atoms with Crippen molar-refractivity contribution in [1.82, 2.24) is 9.80 Å². The smallest absolute Gasteiger partial charge is 0.257 e. The first-order chi connectivity index (χ1) is 12.5. The van der Waals surface area contributed by atoms with Crippen molar-refractivity contribution >= 4 is 29.1 Å². The van der Waals surface area contributed by atoms with E-state index in [0.29, 0.717) is 42.5 Å². The van der Waals surface area contributed by atoms with Crippen LogP contribution in [0.1, 0.15) is 10.4 Å². The number of phenols is 1. The average molecular weight is 374 g/mol. The summed E-state index contributed by atoms with van der Waals surface area (Å²) in [4.78, 5) is 28.3. The van der Waals surface area contributed by atoms with Gasteiger partial charge in [-0.25, -0.2) is 0 Å². The molecule has 1 fully saturated rings. The van der Waals surface area contributed by atoms with Gasteiger partial charge in [-0.3, -0.25) is 14.5 Å². The number of benzene rings is 2. The van der Waals surface area contributed by atoms with E-state index >= 15 is 0 Å². The summed E-state index contributed by atoms with van der Waals surface area (Å²) in [5, 5.41) is 13.1. The van der Waals surface area contributed by atoms with Crippen LogP contribution in [-0.4, -0.2) is 59.4 Å². The molecule has 1 saturated heterocycles. The van der Waals surface area contributed by atoms with Crippen LogP contribution in [0.4, 0.5) is 5.69 Å². The number of nitrogens with zero attached hydrogens (tertiary/aromatic N) is 2. The summed E-state index contributed by atoms with van der Waals surface area (Å²) in [7, 11) is 0. The number of piperazine rings is 1. The lowest BCUT2D eigenvalue weighted by Crippen LogP contribution is -2.50. The second-order valence-electron chi connectivity index (χ2n) is 6.11. The fraction of sp³-hybridized carbons (Fsp3) is 0.263. The van der Waals surface area contributed by atoms with Gasteiger partial charge in [0, 0.05) is 26.2 Å². The average Bonchev–Trinajstić information content (AvgIpc) is 2.64. The van der Waals surface area contributed by atoms with Gasteiger partial charge in [-0.1, -0.05) is 35.9 Å². The van der Waals surface area contributed by atoms with Crippen molar-refractivity contribution in [2.24, 2.45) is 0 Å². The Labute approximate surface area is 157 Å². The molecule has 0 atom stereocenters. The normalized spacial score (nSPS) is 14.9. The molecule has 2 aromatic carbocycles. The Hall–Kier alpha value is -2.57. The van der Waals surface area contributed by atoms with E-state index in [9.17, 15) is 14.7 Å². The SMILES string of the molecule is O=C(CN1CCN(C(=O)c2ccccc2O)CC1)Nc1ccccc1Cl. The molecule has 0 saturated carbocycles. The molecule has 0 radical (unpaired) electrons. The van der Waals surface area contributed by atoms with Gasteiger partial charge in [0.05, 0.1) is 22.8 Å². The van der Waals surface area contributed by atoms with Crippen LogP contribution in [0.25, 0.3) is 0 Å². The lowest BCUT2D eigenvalue weighted by Gasteiger charge is -2.34. The minimum Gasteiger partial charge on any atom is -0.507 e. The molecule has 1 aliphatic rings. The number of hydrogen-bond donors (Lipinski definition) is 2. The van der Waals surface area contributed by atoms with Crippen LogP contribution in [-0.2, 0) is 4.79 Å². The van der Waals surface area contributed by atoms with Gasteiger partial charge in [-0.15, -0.1) is 0 Å². The fourth-order valence-electron chi connectivity index (χ4n) is 2.89. The molecule has 26 heavy (non-hydrogen) atoms. The summed E-state index contributed by atoms with van der Waals surface area (Å²) in [5.74, 6) is -0.346. The number of rotatable bonds is 4. The maximum Gasteiger partial charge on any atom is 0.257 e. The number of aromatic hydroxyl groups is 1. The van der Waals surface area contributed by atoms with Crippen molar-refractivity contribution in [1.29, 1.82) is 0 Å². The number of anilines is 1. The van der Waals surface area contributed by atoms with E-state index in [-0.39, 0.29) is 24.1 Å². The minimum atomic E-state index is -0.191. The summed E-state index contributed by atoms with van der Waals surface area (Å²) in [5.41, 5.74) is 0.893. The Morgan fingerprint density at radius 2 is 1.65 bits per heavy atom. The number of carbonyl (C=O) groups excluding carboxylic acids is 2. The van der Waals surface area contributed by atoms with Crippen LogP contribution in [0.15, 0.2) is 48.5 Å². The summed E-state index contributed by atoms with van der Waals surface area (Å²) in [6, 6.07) is 13.6. The number of phenolic OH excluding ortho intramolecular Hbond substituents is 1. The molecule has 7 heteroatoms. The predicted octanol–water partition coefficient (Wildman–Crippen LogP) is 2.44. The Morgan fingerprint density at radius 3 is 2.35 bits per heavy atom. The van der Waals surface area contributed by atoms with Gasteiger partial charge >= 0.3 is 0 Å². The van der Waals surface area contributed by atoms with E-state index in [1.807, 2.05) is 11.0 Å². The number of hydrogen-bond acceptors (Lipinski definition) is 4. The molecule has 2 N–H and O–H groups in total. The van der Waals surface area contributed by atoms with E-state index in [0.717, 1.165) is 0 Å². The summed E-state index contributed by atoms with van der Waals surface area (Å²) in [6.07, 6.45) is 0. The van der Waals surface area contributed by atoms with Gasteiger partial charge in [0.25, 0.3) is 5.91 Å². The molecule has 0 aromatic heterocycles. The highest BCUT2D eigenvalue weighted by Gasteiger charge is 2.24. The highest BCUT2D eigenvalue weighted by molar-refractivity contribution is 6.33. The monoisotopic (exact) mass is 373 g/mol. The molecular formula is C19H20ClN3O3. The predicted molar refractivity (Wildman–Crippen MR) is 101 cm³/mol. The first-order valence-corrected chi connectivity index (χ1v) is 8.76. The van der Waals surface area contributed by atoms with Crippen molar-refractivity contribution in [2.75, 3.05) is 38.0 Å². The van der Waals surface area contributed by atoms with E-state index in [4.69, 9.17) is 11.6 Å².